The van der Waals surface area contributed by atoms with Crippen molar-refractivity contribution in [1.82, 2.24) is 4.90 Å². The van der Waals surface area contributed by atoms with Crippen LogP contribution < -0.4 is 0 Å². The lowest BCUT2D eigenvalue weighted by Crippen LogP contribution is -2.30. The van der Waals surface area contributed by atoms with E-state index in [1.54, 1.807) is 0 Å². The molecule has 0 spiro atoms. The Hall–Kier alpha value is -0.570. The highest BCUT2D eigenvalue weighted by molar-refractivity contribution is 5.69. The zero-order chi connectivity index (χ0) is 23.1. The molecule has 0 aromatic heterocycles. The minimum absolute atomic E-state index is 0.0359. The van der Waals surface area contributed by atoms with Crippen LogP contribution in [0.2, 0.25) is 0 Å². The van der Waals surface area contributed by atoms with Crippen molar-refractivity contribution in [3.8, 4) is 0 Å². The quantitative estimate of drug-likeness (QED) is 0.122. The number of ether oxygens (including phenoxy) is 1. The topological polar surface area (TPSA) is 29.5 Å². The molecular formula is C29H57NO2. The lowest BCUT2D eigenvalue weighted by molar-refractivity contribution is -0.150. The normalized spacial score (nSPS) is 14.8. The summed E-state index contributed by atoms with van der Waals surface area (Å²) in [7, 11) is 0. The van der Waals surface area contributed by atoms with E-state index in [9.17, 15) is 4.79 Å². The van der Waals surface area contributed by atoms with Crippen molar-refractivity contribution in [3.63, 3.8) is 0 Å². The van der Waals surface area contributed by atoms with Gasteiger partial charge in [-0.15, -0.1) is 0 Å². The van der Waals surface area contributed by atoms with Crippen molar-refractivity contribution < 1.29 is 9.53 Å². The van der Waals surface area contributed by atoms with Gasteiger partial charge in [0.2, 0.25) is 0 Å². The lowest BCUT2D eigenvalue weighted by atomic mass is 9.98. The van der Waals surface area contributed by atoms with Gasteiger partial charge in [0, 0.05) is 6.54 Å². The van der Waals surface area contributed by atoms with E-state index in [0.29, 0.717) is 6.42 Å². The molecule has 3 heteroatoms. The molecule has 0 aromatic carbocycles. The summed E-state index contributed by atoms with van der Waals surface area (Å²) in [5.41, 5.74) is 0. The van der Waals surface area contributed by atoms with Crippen molar-refractivity contribution in [3.05, 3.63) is 0 Å². The van der Waals surface area contributed by atoms with Crippen LogP contribution in [0.5, 0.6) is 0 Å². The molecule has 0 aliphatic heterocycles. The van der Waals surface area contributed by atoms with E-state index < -0.39 is 0 Å². The van der Waals surface area contributed by atoms with E-state index in [0.717, 1.165) is 32.5 Å². The molecule has 1 saturated carbocycles. The van der Waals surface area contributed by atoms with Crippen molar-refractivity contribution in [2.45, 2.75) is 161 Å². The van der Waals surface area contributed by atoms with E-state index >= 15 is 0 Å². The molecule has 190 valence electrons. The summed E-state index contributed by atoms with van der Waals surface area (Å²) >= 11 is 0. The predicted octanol–water partition coefficient (Wildman–Crippen LogP) is 8.84. The molecule has 0 saturated heterocycles. The highest BCUT2D eigenvalue weighted by Gasteiger charge is 2.18. The summed E-state index contributed by atoms with van der Waals surface area (Å²) in [5, 5.41) is 0. The van der Waals surface area contributed by atoms with Crippen LogP contribution >= 0.6 is 0 Å². The number of esters is 1. The largest absolute Gasteiger partial charge is 0.462 e. The molecule has 0 unspecified atom stereocenters. The third-order valence-electron chi connectivity index (χ3n) is 7.14. The molecule has 1 fully saturated rings. The van der Waals surface area contributed by atoms with Crippen LogP contribution in [0, 0.1) is 0 Å². The minimum Gasteiger partial charge on any atom is -0.462 e. The molecule has 3 nitrogen and oxygen atoms in total. The first kappa shape index (κ1) is 29.5. The Morgan fingerprint density at radius 2 is 1.06 bits per heavy atom. The molecule has 0 amide bonds. The second kappa shape index (κ2) is 22.2. The van der Waals surface area contributed by atoms with Crippen LogP contribution in [-0.4, -0.2) is 36.6 Å². The minimum atomic E-state index is 0.0359. The van der Waals surface area contributed by atoms with Gasteiger partial charge in [-0.25, -0.2) is 0 Å². The first-order chi connectivity index (χ1) is 15.8. The van der Waals surface area contributed by atoms with Gasteiger partial charge in [-0.2, -0.15) is 0 Å². The Labute approximate surface area is 201 Å². The van der Waals surface area contributed by atoms with Crippen LogP contribution in [-0.2, 0) is 9.53 Å². The Morgan fingerprint density at radius 1 is 0.625 bits per heavy atom. The van der Waals surface area contributed by atoms with Crippen molar-refractivity contribution in [2.75, 3.05) is 19.6 Å². The van der Waals surface area contributed by atoms with Gasteiger partial charge in [0.15, 0.2) is 0 Å². The van der Waals surface area contributed by atoms with Crippen molar-refractivity contribution in [2.24, 2.45) is 0 Å². The Morgan fingerprint density at radius 3 is 1.53 bits per heavy atom. The van der Waals surface area contributed by atoms with Crippen molar-refractivity contribution >= 4 is 5.97 Å². The number of rotatable bonds is 22. The number of unbranched alkanes of at least 4 members (excludes halogenated alkanes) is 14. The molecular weight excluding hydrogens is 394 g/mol. The van der Waals surface area contributed by atoms with E-state index in [4.69, 9.17) is 4.74 Å². The van der Waals surface area contributed by atoms with Crippen LogP contribution in [0.15, 0.2) is 0 Å². The molecule has 32 heavy (non-hydrogen) atoms. The number of carbonyl (C=O) groups is 1. The van der Waals surface area contributed by atoms with E-state index in [1.165, 1.54) is 122 Å². The van der Waals surface area contributed by atoms with Gasteiger partial charge >= 0.3 is 5.97 Å². The zero-order valence-electron chi connectivity index (χ0n) is 22.0. The Kier molecular flexibility index (Phi) is 20.5. The van der Waals surface area contributed by atoms with Crippen LogP contribution in [0.25, 0.3) is 0 Å². The zero-order valence-corrected chi connectivity index (χ0v) is 22.0. The van der Waals surface area contributed by atoms with E-state index in [1.807, 2.05) is 0 Å². The second-order valence-electron chi connectivity index (χ2n) is 10.3. The summed E-state index contributed by atoms with van der Waals surface area (Å²) in [4.78, 5) is 14.9. The highest BCUT2D eigenvalue weighted by Crippen LogP contribution is 2.20. The smallest absolute Gasteiger partial charge is 0.307 e. The summed E-state index contributed by atoms with van der Waals surface area (Å²) in [6.07, 6.45) is 28.5. The SMILES string of the molecule is CCCCCCCCCCN(CCCCCCCCCC)CCC(=O)OC1CCCCC1. The predicted molar refractivity (Wildman–Crippen MR) is 139 cm³/mol. The van der Waals surface area contributed by atoms with Gasteiger partial charge in [0.05, 0.1) is 6.42 Å². The van der Waals surface area contributed by atoms with Gasteiger partial charge in [0.1, 0.15) is 6.10 Å². The molecule has 0 atom stereocenters. The van der Waals surface area contributed by atoms with Gasteiger partial charge in [-0.3, -0.25) is 4.79 Å². The monoisotopic (exact) mass is 451 g/mol. The number of hydrogen-bond acceptors (Lipinski definition) is 3. The van der Waals surface area contributed by atoms with Crippen LogP contribution in [0.3, 0.4) is 0 Å². The maximum absolute atomic E-state index is 12.4. The fraction of sp³-hybridized carbons (Fsp3) is 0.966. The number of carbonyl (C=O) groups excluding carboxylic acids is 1. The number of nitrogens with zero attached hydrogens (tertiary/aromatic N) is 1. The second-order valence-corrected chi connectivity index (χ2v) is 10.3. The maximum atomic E-state index is 12.4. The first-order valence-electron chi connectivity index (χ1n) is 14.7. The molecule has 0 heterocycles. The molecule has 0 radical (unpaired) electrons. The molecule has 1 rings (SSSR count). The van der Waals surface area contributed by atoms with Gasteiger partial charge < -0.3 is 9.64 Å². The summed E-state index contributed by atoms with van der Waals surface area (Å²) < 4.78 is 5.76. The summed E-state index contributed by atoms with van der Waals surface area (Å²) in [5.74, 6) is 0.0359. The molecule has 0 aromatic rings. The first-order valence-corrected chi connectivity index (χ1v) is 14.7. The number of hydrogen-bond donors (Lipinski definition) is 0. The third-order valence-corrected chi connectivity index (χ3v) is 7.14. The molecule has 0 N–H and O–H groups in total. The Bertz CT molecular complexity index is 386. The fourth-order valence-corrected chi connectivity index (χ4v) is 4.95. The van der Waals surface area contributed by atoms with Crippen LogP contribution in [0.4, 0.5) is 0 Å². The van der Waals surface area contributed by atoms with Gasteiger partial charge in [0.25, 0.3) is 0 Å². The lowest BCUT2D eigenvalue weighted by Gasteiger charge is -2.24. The summed E-state index contributed by atoms with van der Waals surface area (Å²) in [6.45, 7) is 7.76. The average Bonchev–Trinajstić information content (AvgIpc) is 2.81. The van der Waals surface area contributed by atoms with Gasteiger partial charge in [-0.05, 0) is 51.6 Å². The maximum Gasteiger partial charge on any atom is 0.307 e. The Balaban J connectivity index is 2.20. The molecule has 1 aliphatic rings. The van der Waals surface area contributed by atoms with Gasteiger partial charge in [-0.1, -0.05) is 110 Å². The average molecular weight is 452 g/mol. The molecule has 0 bridgehead atoms. The summed E-state index contributed by atoms with van der Waals surface area (Å²) in [6, 6.07) is 0. The third kappa shape index (κ3) is 17.9. The van der Waals surface area contributed by atoms with E-state index in [-0.39, 0.29) is 12.1 Å². The fourth-order valence-electron chi connectivity index (χ4n) is 4.95. The molecule has 1 aliphatic carbocycles. The van der Waals surface area contributed by atoms with Crippen LogP contribution in [0.1, 0.15) is 155 Å². The highest BCUT2D eigenvalue weighted by atomic mass is 16.5. The standard InChI is InChI=1S/C29H57NO2/c1-3-5-7-9-11-13-15-20-25-30(26-21-16-14-12-10-8-6-4-2)27-24-29(31)32-28-22-18-17-19-23-28/h28H,3-27H2,1-2H3. The van der Waals surface area contributed by atoms with E-state index in [2.05, 4.69) is 18.7 Å². The van der Waals surface area contributed by atoms with Crippen molar-refractivity contribution in [1.29, 1.82) is 0 Å².